The zero-order chi connectivity index (χ0) is 16.7. The molecule has 0 heterocycles. The molecule has 0 aromatic heterocycles. The average molecular weight is 348 g/mol. The average Bonchev–Trinajstić information content (AvgIpc) is 2.46. The van der Waals surface area contributed by atoms with Gasteiger partial charge in [0.05, 0.1) is 27.2 Å². The van der Waals surface area contributed by atoms with Gasteiger partial charge >= 0.3 is 0 Å². The van der Waals surface area contributed by atoms with Crippen molar-refractivity contribution in [3.05, 3.63) is 0 Å². The van der Waals surface area contributed by atoms with Crippen molar-refractivity contribution in [1.29, 1.82) is 0 Å². The summed E-state index contributed by atoms with van der Waals surface area (Å²) in [6.45, 7) is 4.69. The van der Waals surface area contributed by atoms with E-state index < -0.39 is 0 Å². The van der Waals surface area contributed by atoms with Gasteiger partial charge in [-0.25, -0.2) is 0 Å². The highest BCUT2D eigenvalue weighted by atomic mass is 35.5. The Morgan fingerprint density at radius 2 is 0.870 bits per heavy atom. The molecule has 2 heteroatoms. The van der Waals surface area contributed by atoms with Crippen molar-refractivity contribution in [1.82, 2.24) is 0 Å². The highest BCUT2D eigenvalue weighted by Gasteiger charge is 2.16. The first-order valence-electron chi connectivity index (χ1n) is 10.3. The lowest BCUT2D eigenvalue weighted by Crippen LogP contribution is -3.00. The Kier molecular flexibility index (Phi) is 18.9. The molecule has 0 saturated heterocycles. The standard InChI is InChI=1S/C21H46N.ClH/c1-6-7-8-9-10-11-12-13-14-15-16-17-18-19-20-21(2)22(3,4)5;/h21H,6-20H2,1-5H3;1H/q+1;/p-1. The van der Waals surface area contributed by atoms with Crippen molar-refractivity contribution in [3.63, 3.8) is 0 Å². The number of hydrogen-bond acceptors (Lipinski definition) is 0. The predicted molar refractivity (Wildman–Crippen MR) is 102 cm³/mol. The third-order valence-corrected chi connectivity index (χ3v) is 5.30. The summed E-state index contributed by atoms with van der Waals surface area (Å²) in [5.74, 6) is 0. The Bertz CT molecular complexity index is 222. The van der Waals surface area contributed by atoms with Crippen LogP contribution in [0, 0.1) is 0 Å². The third kappa shape index (κ3) is 18.4. The maximum Gasteiger partial charge on any atom is 0.0855 e. The predicted octanol–water partition coefficient (Wildman–Crippen LogP) is 3.96. The molecule has 0 aromatic carbocycles. The summed E-state index contributed by atoms with van der Waals surface area (Å²) in [6.07, 6.45) is 21.8. The molecule has 0 saturated carbocycles. The van der Waals surface area contributed by atoms with Gasteiger partial charge in [-0.05, 0) is 19.8 Å². The van der Waals surface area contributed by atoms with Gasteiger partial charge in [0.15, 0.2) is 0 Å². The first-order chi connectivity index (χ1) is 10.5. The van der Waals surface area contributed by atoms with Crippen molar-refractivity contribution in [3.8, 4) is 0 Å². The van der Waals surface area contributed by atoms with Crippen LogP contribution in [0.25, 0.3) is 0 Å². The van der Waals surface area contributed by atoms with E-state index in [0.717, 1.165) is 10.5 Å². The van der Waals surface area contributed by atoms with E-state index in [4.69, 9.17) is 0 Å². The smallest absolute Gasteiger partial charge is 0.0855 e. The second kappa shape index (κ2) is 17.1. The summed E-state index contributed by atoms with van der Waals surface area (Å²) in [5, 5.41) is 0. The Morgan fingerprint density at radius 1 is 0.565 bits per heavy atom. The van der Waals surface area contributed by atoms with Gasteiger partial charge in [0.2, 0.25) is 0 Å². The second-order valence-electron chi connectivity index (χ2n) is 8.35. The number of unbranched alkanes of at least 4 members (excludes halogenated alkanes) is 13. The van der Waals surface area contributed by atoms with Crippen molar-refractivity contribution in [2.75, 3.05) is 21.1 Å². The number of halogens is 1. The zero-order valence-corrected chi connectivity index (χ0v) is 17.8. The fraction of sp³-hybridized carbons (Fsp3) is 1.00. The summed E-state index contributed by atoms with van der Waals surface area (Å²) < 4.78 is 1.11. The lowest BCUT2D eigenvalue weighted by molar-refractivity contribution is -0.894. The normalized spacial score (nSPS) is 12.9. The van der Waals surface area contributed by atoms with Gasteiger partial charge in [-0.1, -0.05) is 90.4 Å². The Morgan fingerprint density at radius 3 is 1.17 bits per heavy atom. The highest BCUT2D eigenvalue weighted by molar-refractivity contribution is 4.53. The van der Waals surface area contributed by atoms with E-state index in [1.54, 1.807) is 0 Å². The highest BCUT2D eigenvalue weighted by Crippen LogP contribution is 2.15. The molecule has 1 nitrogen and oxygen atoms in total. The maximum atomic E-state index is 2.39. The van der Waals surface area contributed by atoms with Gasteiger partial charge in [-0.3, -0.25) is 0 Å². The first-order valence-corrected chi connectivity index (χ1v) is 10.3. The fourth-order valence-electron chi connectivity index (χ4n) is 3.02. The lowest BCUT2D eigenvalue weighted by Gasteiger charge is -2.31. The molecule has 0 amide bonds. The summed E-state index contributed by atoms with van der Waals surface area (Å²) in [4.78, 5) is 0. The van der Waals surface area contributed by atoms with Crippen LogP contribution in [-0.4, -0.2) is 31.7 Å². The molecular formula is C21H46ClN. The van der Waals surface area contributed by atoms with E-state index in [1.807, 2.05) is 0 Å². The van der Waals surface area contributed by atoms with Crippen molar-refractivity contribution < 1.29 is 16.9 Å². The third-order valence-electron chi connectivity index (χ3n) is 5.30. The Labute approximate surface area is 154 Å². The molecule has 0 N–H and O–H groups in total. The molecule has 0 bridgehead atoms. The van der Waals surface area contributed by atoms with E-state index in [-0.39, 0.29) is 12.4 Å². The van der Waals surface area contributed by atoms with E-state index >= 15 is 0 Å². The fourth-order valence-corrected chi connectivity index (χ4v) is 3.02. The molecule has 0 aliphatic heterocycles. The summed E-state index contributed by atoms with van der Waals surface area (Å²) in [6, 6.07) is 0.803. The van der Waals surface area contributed by atoms with Crippen LogP contribution in [0.5, 0.6) is 0 Å². The SMILES string of the molecule is CCCCCCCCCCCCCCCCC(C)[N+](C)(C)C.[Cl-]. The second-order valence-corrected chi connectivity index (χ2v) is 8.35. The van der Waals surface area contributed by atoms with Gasteiger partial charge < -0.3 is 16.9 Å². The number of rotatable bonds is 16. The van der Waals surface area contributed by atoms with Crippen LogP contribution >= 0.6 is 0 Å². The number of quaternary nitrogens is 1. The minimum absolute atomic E-state index is 0. The molecule has 0 spiro atoms. The van der Waals surface area contributed by atoms with Gasteiger partial charge in [0, 0.05) is 0 Å². The van der Waals surface area contributed by atoms with Crippen LogP contribution in [0.2, 0.25) is 0 Å². The lowest BCUT2D eigenvalue weighted by atomic mass is 10.0. The molecule has 0 aliphatic rings. The minimum Gasteiger partial charge on any atom is -1.00 e. The van der Waals surface area contributed by atoms with Crippen LogP contribution in [0.15, 0.2) is 0 Å². The van der Waals surface area contributed by atoms with E-state index in [0.29, 0.717) is 0 Å². The van der Waals surface area contributed by atoms with E-state index in [2.05, 4.69) is 35.0 Å². The molecule has 0 rings (SSSR count). The quantitative estimate of drug-likeness (QED) is 0.293. The van der Waals surface area contributed by atoms with E-state index in [1.165, 1.54) is 96.3 Å². The molecule has 0 radical (unpaired) electrons. The van der Waals surface area contributed by atoms with Crippen LogP contribution in [0.1, 0.15) is 110 Å². The van der Waals surface area contributed by atoms with Crippen LogP contribution in [0.3, 0.4) is 0 Å². The first kappa shape index (κ1) is 25.5. The molecule has 142 valence electrons. The van der Waals surface area contributed by atoms with Crippen LogP contribution < -0.4 is 12.4 Å². The Hall–Kier alpha value is 0.250. The molecule has 23 heavy (non-hydrogen) atoms. The zero-order valence-electron chi connectivity index (χ0n) is 17.0. The van der Waals surface area contributed by atoms with Crippen molar-refractivity contribution in [2.45, 2.75) is 116 Å². The summed E-state index contributed by atoms with van der Waals surface area (Å²) in [5.41, 5.74) is 0. The van der Waals surface area contributed by atoms with Crippen LogP contribution in [-0.2, 0) is 0 Å². The largest absolute Gasteiger partial charge is 1.00 e. The topological polar surface area (TPSA) is 0 Å². The Balaban J connectivity index is 0. The van der Waals surface area contributed by atoms with Gasteiger partial charge in [-0.15, -0.1) is 0 Å². The minimum atomic E-state index is 0. The molecule has 0 aliphatic carbocycles. The maximum absolute atomic E-state index is 2.39. The summed E-state index contributed by atoms with van der Waals surface area (Å²) in [7, 11) is 6.94. The molecule has 1 unspecified atom stereocenters. The summed E-state index contributed by atoms with van der Waals surface area (Å²) >= 11 is 0. The monoisotopic (exact) mass is 347 g/mol. The van der Waals surface area contributed by atoms with Crippen molar-refractivity contribution >= 4 is 0 Å². The van der Waals surface area contributed by atoms with E-state index in [9.17, 15) is 0 Å². The van der Waals surface area contributed by atoms with Gasteiger partial charge in [0.1, 0.15) is 0 Å². The number of nitrogens with zero attached hydrogens (tertiary/aromatic N) is 1. The molecule has 1 atom stereocenters. The molecular weight excluding hydrogens is 302 g/mol. The molecule has 0 fully saturated rings. The van der Waals surface area contributed by atoms with Crippen molar-refractivity contribution in [2.24, 2.45) is 0 Å². The molecule has 0 aromatic rings. The van der Waals surface area contributed by atoms with Crippen LogP contribution in [0.4, 0.5) is 0 Å². The van der Waals surface area contributed by atoms with Gasteiger partial charge in [-0.2, -0.15) is 0 Å². The van der Waals surface area contributed by atoms with Gasteiger partial charge in [0.25, 0.3) is 0 Å². The number of hydrogen-bond donors (Lipinski definition) is 0.